The van der Waals surface area contributed by atoms with Crippen molar-refractivity contribution in [2.24, 2.45) is 0 Å². The Morgan fingerprint density at radius 3 is 2.63 bits per heavy atom. The maximum atomic E-state index is 12.1. The second kappa shape index (κ2) is 6.10. The minimum Gasteiger partial charge on any atom is -0.348 e. The van der Waals surface area contributed by atoms with Crippen LogP contribution in [0.3, 0.4) is 0 Å². The van der Waals surface area contributed by atoms with Crippen LogP contribution in [0.15, 0.2) is 29.2 Å². The van der Waals surface area contributed by atoms with Gasteiger partial charge >= 0.3 is 0 Å². The van der Waals surface area contributed by atoms with Gasteiger partial charge in [-0.1, -0.05) is 0 Å². The fraction of sp³-hybridized carbons (Fsp3) is 0.429. The normalized spacial score (nSPS) is 19.4. The Kier molecular flexibility index (Phi) is 4.47. The number of carbonyl (C=O) groups is 2. The van der Waals surface area contributed by atoms with Crippen molar-refractivity contribution in [2.45, 2.75) is 23.8 Å². The smallest absolute Gasteiger partial charge is 0.251 e. The van der Waals surface area contributed by atoms with Gasteiger partial charge in [0.05, 0.1) is 0 Å². The molecule has 19 heavy (non-hydrogen) atoms. The van der Waals surface area contributed by atoms with Crippen LogP contribution in [0.2, 0.25) is 0 Å². The molecule has 1 fully saturated rings. The number of thioether (sulfide) groups is 1. The summed E-state index contributed by atoms with van der Waals surface area (Å²) in [7, 11) is 1.77. The van der Waals surface area contributed by atoms with Crippen LogP contribution in [0.25, 0.3) is 0 Å². The van der Waals surface area contributed by atoms with E-state index in [0.29, 0.717) is 18.5 Å². The number of likely N-dealkylation sites (tertiary alicyclic amines) is 1. The van der Waals surface area contributed by atoms with E-state index in [9.17, 15) is 9.59 Å². The van der Waals surface area contributed by atoms with E-state index in [-0.39, 0.29) is 17.9 Å². The molecule has 0 saturated carbocycles. The van der Waals surface area contributed by atoms with Crippen LogP contribution in [0, 0.1) is 0 Å². The highest BCUT2D eigenvalue weighted by molar-refractivity contribution is 7.98. The zero-order valence-electron chi connectivity index (χ0n) is 11.2. The Morgan fingerprint density at radius 1 is 1.37 bits per heavy atom. The summed E-state index contributed by atoms with van der Waals surface area (Å²) >= 11 is 1.65. The second-order valence-corrected chi connectivity index (χ2v) is 5.59. The van der Waals surface area contributed by atoms with Crippen LogP contribution in [0.1, 0.15) is 23.2 Å². The first-order chi connectivity index (χ1) is 9.10. The highest BCUT2D eigenvalue weighted by Gasteiger charge is 2.24. The first-order valence-electron chi connectivity index (χ1n) is 6.29. The lowest BCUT2D eigenvalue weighted by Gasteiger charge is -2.30. The Morgan fingerprint density at radius 2 is 2.05 bits per heavy atom. The predicted molar refractivity (Wildman–Crippen MR) is 76.3 cm³/mol. The summed E-state index contributed by atoms with van der Waals surface area (Å²) < 4.78 is 0. The Hall–Kier alpha value is -1.49. The van der Waals surface area contributed by atoms with E-state index >= 15 is 0 Å². The summed E-state index contributed by atoms with van der Waals surface area (Å²) in [6, 6.07) is 7.60. The molecule has 1 aromatic rings. The third-order valence-corrected chi connectivity index (χ3v) is 4.06. The van der Waals surface area contributed by atoms with Crippen LogP contribution in [-0.2, 0) is 4.79 Å². The molecule has 1 aliphatic heterocycles. The maximum Gasteiger partial charge on any atom is 0.251 e. The van der Waals surface area contributed by atoms with Gasteiger partial charge in [0.15, 0.2) is 0 Å². The third kappa shape index (κ3) is 3.50. The first kappa shape index (κ1) is 13.9. The van der Waals surface area contributed by atoms with E-state index in [1.54, 1.807) is 23.7 Å². The van der Waals surface area contributed by atoms with Crippen molar-refractivity contribution in [1.82, 2.24) is 10.2 Å². The van der Waals surface area contributed by atoms with E-state index in [1.807, 2.05) is 30.5 Å². The van der Waals surface area contributed by atoms with Crippen LogP contribution >= 0.6 is 11.8 Å². The van der Waals surface area contributed by atoms with Crippen LogP contribution < -0.4 is 5.32 Å². The summed E-state index contributed by atoms with van der Waals surface area (Å²) in [6.07, 6.45) is 3.23. The average Bonchev–Trinajstić information content (AvgIpc) is 2.43. The zero-order valence-corrected chi connectivity index (χ0v) is 12.0. The van der Waals surface area contributed by atoms with Gasteiger partial charge in [0.25, 0.3) is 5.91 Å². The fourth-order valence-electron chi connectivity index (χ4n) is 2.14. The van der Waals surface area contributed by atoms with Gasteiger partial charge in [-0.3, -0.25) is 9.59 Å². The molecule has 0 radical (unpaired) electrons. The number of nitrogens with one attached hydrogen (secondary N) is 1. The molecule has 2 rings (SSSR count). The number of piperidine rings is 1. The van der Waals surface area contributed by atoms with E-state index in [1.165, 1.54) is 0 Å². The molecule has 1 aliphatic rings. The van der Waals surface area contributed by atoms with Crippen molar-refractivity contribution in [3.05, 3.63) is 29.8 Å². The van der Waals surface area contributed by atoms with E-state index in [0.717, 1.165) is 11.3 Å². The van der Waals surface area contributed by atoms with Crippen LogP contribution in [0.4, 0.5) is 0 Å². The minimum atomic E-state index is -0.0691. The van der Waals surface area contributed by atoms with Gasteiger partial charge in [-0.25, -0.2) is 0 Å². The number of nitrogens with zero attached hydrogens (tertiary/aromatic N) is 1. The third-order valence-electron chi connectivity index (χ3n) is 3.31. The van der Waals surface area contributed by atoms with Gasteiger partial charge in [-0.2, -0.15) is 0 Å². The molecule has 4 nitrogen and oxygen atoms in total. The molecule has 0 aromatic heterocycles. The predicted octanol–water partition coefficient (Wildman–Crippen LogP) is 1.76. The van der Waals surface area contributed by atoms with Gasteiger partial charge < -0.3 is 10.2 Å². The molecule has 5 heteroatoms. The van der Waals surface area contributed by atoms with Crippen LogP contribution in [0.5, 0.6) is 0 Å². The summed E-state index contributed by atoms with van der Waals surface area (Å²) in [5.41, 5.74) is 0.664. The molecule has 2 amide bonds. The standard InChI is InChI=1S/C14H18N2O2S/c1-16-9-11(5-8-13(16)17)15-14(18)10-3-6-12(19-2)7-4-10/h3-4,6-7,11H,5,8-9H2,1-2H3,(H,15,18)/t11-/m0/s1. The second-order valence-electron chi connectivity index (χ2n) is 4.71. The van der Waals surface area contributed by atoms with Gasteiger partial charge in [0.1, 0.15) is 0 Å². The van der Waals surface area contributed by atoms with Gasteiger partial charge in [0.2, 0.25) is 5.91 Å². The van der Waals surface area contributed by atoms with Crippen molar-refractivity contribution in [3.63, 3.8) is 0 Å². The molecular weight excluding hydrogens is 260 g/mol. The molecule has 1 N–H and O–H groups in total. The molecular formula is C14H18N2O2S. The largest absolute Gasteiger partial charge is 0.348 e. The van der Waals surface area contributed by atoms with Crippen molar-refractivity contribution in [2.75, 3.05) is 19.8 Å². The number of hydrogen-bond acceptors (Lipinski definition) is 3. The van der Waals surface area contributed by atoms with E-state index in [4.69, 9.17) is 0 Å². The van der Waals surface area contributed by atoms with Crippen molar-refractivity contribution in [1.29, 1.82) is 0 Å². The Bertz CT molecular complexity index is 473. The first-order valence-corrected chi connectivity index (χ1v) is 7.51. The minimum absolute atomic E-state index is 0.0513. The molecule has 1 atom stereocenters. The Labute approximate surface area is 117 Å². The maximum absolute atomic E-state index is 12.1. The molecule has 1 heterocycles. The average molecular weight is 278 g/mol. The quantitative estimate of drug-likeness (QED) is 0.857. The summed E-state index contributed by atoms with van der Waals surface area (Å²) in [4.78, 5) is 26.3. The molecule has 1 aromatic carbocycles. The lowest BCUT2D eigenvalue weighted by atomic mass is 10.1. The molecule has 0 unspecified atom stereocenters. The number of amides is 2. The number of carbonyl (C=O) groups excluding carboxylic acids is 2. The van der Waals surface area contributed by atoms with E-state index < -0.39 is 0 Å². The van der Waals surface area contributed by atoms with Crippen molar-refractivity contribution in [3.8, 4) is 0 Å². The highest BCUT2D eigenvalue weighted by Crippen LogP contribution is 2.15. The zero-order chi connectivity index (χ0) is 13.8. The molecule has 0 bridgehead atoms. The lowest BCUT2D eigenvalue weighted by Crippen LogP contribution is -2.48. The fourth-order valence-corrected chi connectivity index (χ4v) is 2.55. The molecule has 1 saturated heterocycles. The number of likely N-dealkylation sites (N-methyl/N-ethyl adjacent to an activating group) is 1. The number of hydrogen-bond donors (Lipinski definition) is 1. The van der Waals surface area contributed by atoms with Gasteiger partial charge in [0, 0.05) is 36.5 Å². The monoisotopic (exact) mass is 278 g/mol. The number of rotatable bonds is 3. The van der Waals surface area contributed by atoms with Crippen LogP contribution in [-0.4, -0.2) is 42.6 Å². The van der Waals surface area contributed by atoms with Crippen molar-refractivity contribution < 1.29 is 9.59 Å². The SMILES string of the molecule is CSc1ccc(C(=O)N[C@H]2CCC(=O)N(C)C2)cc1. The summed E-state index contributed by atoms with van der Waals surface area (Å²) in [5, 5.41) is 2.98. The number of benzene rings is 1. The van der Waals surface area contributed by atoms with Gasteiger partial charge in [-0.05, 0) is 36.9 Å². The van der Waals surface area contributed by atoms with Gasteiger partial charge in [-0.15, -0.1) is 11.8 Å². The summed E-state index contributed by atoms with van der Waals surface area (Å²) in [6.45, 7) is 0.591. The Balaban J connectivity index is 1.95. The lowest BCUT2D eigenvalue weighted by molar-refractivity contribution is -0.132. The highest BCUT2D eigenvalue weighted by atomic mass is 32.2. The van der Waals surface area contributed by atoms with E-state index in [2.05, 4.69) is 5.32 Å². The molecule has 0 aliphatic carbocycles. The summed E-state index contributed by atoms with van der Waals surface area (Å²) in [5.74, 6) is 0.0789. The van der Waals surface area contributed by atoms with Crippen molar-refractivity contribution >= 4 is 23.6 Å². The molecule has 102 valence electrons. The topological polar surface area (TPSA) is 49.4 Å². The molecule has 0 spiro atoms.